The second-order valence-electron chi connectivity index (χ2n) is 6.20. The minimum Gasteiger partial charge on any atom is -0.369 e. The highest BCUT2D eigenvalue weighted by atomic mass is 35.5. The normalized spacial score (nSPS) is 17.3. The number of rotatable bonds is 3. The molecule has 0 radical (unpaired) electrons. The van der Waals surface area contributed by atoms with E-state index in [1.165, 1.54) is 15.4 Å². The molecule has 1 fully saturated rings. The molecule has 4 rings (SSSR count). The maximum atomic E-state index is 5.98. The van der Waals surface area contributed by atoms with Gasteiger partial charge < -0.3 is 4.90 Å². The molecule has 24 heavy (non-hydrogen) atoms. The standard InChI is InChI=1S/C19H20ClN3S/c1-14(19-21-17-4-2-3-5-18(17)24-19)22-10-12-23(13-11-22)16-8-6-15(20)7-9-16/h2-9,14H,10-13H2,1H3. The van der Waals surface area contributed by atoms with E-state index in [0.29, 0.717) is 6.04 Å². The SMILES string of the molecule is CC(c1nc2ccccc2s1)N1CCN(c2ccc(Cl)cc2)CC1. The van der Waals surface area contributed by atoms with Crippen molar-refractivity contribution in [3.63, 3.8) is 0 Å². The van der Waals surface area contributed by atoms with Gasteiger partial charge in [0.1, 0.15) is 5.01 Å². The molecule has 1 aromatic heterocycles. The summed E-state index contributed by atoms with van der Waals surface area (Å²) in [4.78, 5) is 9.78. The smallest absolute Gasteiger partial charge is 0.111 e. The predicted molar refractivity (Wildman–Crippen MR) is 103 cm³/mol. The third kappa shape index (κ3) is 3.14. The summed E-state index contributed by atoms with van der Waals surface area (Å²) in [5.41, 5.74) is 2.37. The van der Waals surface area contributed by atoms with E-state index in [-0.39, 0.29) is 0 Å². The van der Waals surface area contributed by atoms with E-state index < -0.39 is 0 Å². The van der Waals surface area contributed by atoms with Crippen LogP contribution in [-0.2, 0) is 0 Å². The number of benzene rings is 2. The monoisotopic (exact) mass is 357 g/mol. The summed E-state index contributed by atoms with van der Waals surface area (Å²) in [5.74, 6) is 0. The van der Waals surface area contributed by atoms with E-state index in [1.54, 1.807) is 0 Å². The van der Waals surface area contributed by atoms with Crippen molar-refractivity contribution in [2.45, 2.75) is 13.0 Å². The molecule has 1 unspecified atom stereocenters. The first-order valence-corrected chi connectivity index (χ1v) is 9.50. The van der Waals surface area contributed by atoms with Crippen molar-refractivity contribution in [2.75, 3.05) is 31.1 Å². The molecule has 0 bridgehead atoms. The van der Waals surface area contributed by atoms with Gasteiger partial charge in [-0.25, -0.2) is 4.98 Å². The average molecular weight is 358 g/mol. The fourth-order valence-electron chi connectivity index (χ4n) is 3.24. The molecule has 1 saturated heterocycles. The fourth-order valence-corrected chi connectivity index (χ4v) is 4.42. The van der Waals surface area contributed by atoms with Gasteiger partial charge >= 0.3 is 0 Å². The van der Waals surface area contributed by atoms with Crippen molar-refractivity contribution >= 4 is 38.8 Å². The van der Waals surface area contributed by atoms with Crippen molar-refractivity contribution in [1.82, 2.24) is 9.88 Å². The molecule has 0 spiro atoms. The van der Waals surface area contributed by atoms with Crippen LogP contribution in [-0.4, -0.2) is 36.1 Å². The highest BCUT2D eigenvalue weighted by molar-refractivity contribution is 7.18. The summed E-state index contributed by atoms with van der Waals surface area (Å²) < 4.78 is 1.28. The Labute approximate surface area is 151 Å². The van der Waals surface area contributed by atoms with Gasteiger partial charge in [0.15, 0.2) is 0 Å². The third-order valence-electron chi connectivity index (χ3n) is 4.72. The van der Waals surface area contributed by atoms with Gasteiger partial charge in [-0.15, -0.1) is 11.3 Å². The molecule has 0 aliphatic carbocycles. The molecule has 5 heteroatoms. The van der Waals surface area contributed by atoms with E-state index in [2.05, 4.69) is 53.1 Å². The van der Waals surface area contributed by atoms with Crippen molar-refractivity contribution in [1.29, 1.82) is 0 Å². The van der Waals surface area contributed by atoms with Crippen LogP contribution in [0.3, 0.4) is 0 Å². The highest BCUT2D eigenvalue weighted by Crippen LogP contribution is 2.30. The Morgan fingerprint density at radius 3 is 2.42 bits per heavy atom. The van der Waals surface area contributed by atoms with Crippen molar-refractivity contribution in [3.8, 4) is 0 Å². The fraction of sp³-hybridized carbons (Fsp3) is 0.316. The number of nitrogens with zero attached hydrogens (tertiary/aromatic N) is 3. The maximum Gasteiger partial charge on any atom is 0.111 e. The van der Waals surface area contributed by atoms with Crippen LogP contribution in [0, 0.1) is 0 Å². The maximum absolute atomic E-state index is 5.98. The van der Waals surface area contributed by atoms with Gasteiger partial charge in [-0.2, -0.15) is 0 Å². The van der Waals surface area contributed by atoms with Gasteiger partial charge in [0.05, 0.1) is 16.3 Å². The van der Waals surface area contributed by atoms with Crippen LogP contribution in [0.2, 0.25) is 5.02 Å². The zero-order valence-corrected chi connectivity index (χ0v) is 15.2. The van der Waals surface area contributed by atoms with Crippen molar-refractivity contribution < 1.29 is 0 Å². The number of aromatic nitrogens is 1. The Bertz CT molecular complexity index is 789. The first-order valence-electron chi connectivity index (χ1n) is 8.31. The van der Waals surface area contributed by atoms with Crippen LogP contribution in [0.25, 0.3) is 10.2 Å². The number of hydrogen-bond donors (Lipinski definition) is 0. The molecule has 2 aromatic carbocycles. The minimum atomic E-state index is 0.370. The Morgan fingerprint density at radius 1 is 1.00 bits per heavy atom. The number of para-hydroxylation sites is 1. The summed E-state index contributed by atoms with van der Waals surface area (Å²) in [6, 6.07) is 16.9. The second-order valence-corrected chi connectivity index (χ2v) is 7.69. The quantitative estimate of drug-likeness (QED) is 0.669. The van der Waals surface area contributed by atoms with E-state index >= 15 is 0 Å². The van der Waals surface area contributed by atoms with E-state index in [0.717, 1.165) is 36.7 Å². The lowest BCUT2D eigenvalue weighted by molar-refractivity contribution is 0.198. The Kier molecular flexibility index (Phi) is 4.44. The molecule has 1 aliphatic heterocycles. The van der Waals surface area contributed by atoms with E-state index in [1.807, 2.05) is 23.5 Å². The summed E-state index contributed by atoms with van der Waals surface area (Å²) in [5, 5.41) is 2.01. The number of anilines is 1. The van der Waals surface area contributed by atoms with Crippen LogP contribution < -0.4 is 4.90 Å². The number of piperazine rings is 1. The van der Waals surface area contributed by atoms with Gasteiger partial charge in [-0.05, 0) is 43.3 Å². The summed E-state index contributed by atoms with van der Waals surface area (Å²) in [6.45, 7) is 6.46. The summed E-state index contributed by atoms with van der Waals surface area (Å²) in [6.07, 6.45) is 0. The molecule has 0 N–H and O–H groups in total. The van der Waals surface area contributed by atoms with Crippen LogP contribution >= 0.6 is 22.9 Å². The van der Waals surface area contributed by atoms with Crippen molar-refractivity contribution in [3.05, 3.63) is 58.6 Å². The molecule has 0 amide bonds. The average Bonchev–Trinajstić information content (AvgIpc) is 3.06. The molecule has 124 valence electrons. The molecule has 2 heterocycles. The van der Waals surface area contributed by atoms with Crippen LogP contribution in [0.1, 0.15) is 18.0 Å². The molecular formula is C19H20ClN3S. The minimum absolute atomic E-state index is 0.370. The Morgan fingerprint density at radius 2 is 1.71 bits per heavy atom. The number of halogens is 1. The van der Waals surface area contributed by atoms with Gasteiger partial charge in [-0.3, -0.25) is 4.90 Å². The zero-order valence-electron chi connectivity index (χ0n) is 13.7. The van der Waals surface area contributed by atoms with Crippen LogP contribution in [0.15, 0.2) is 48.5 Å². The highest BCUT2D eigenvalue weighted by Gasteiger charge is 2.24. The molecular weight excluding hydrogens is 338 g/mol. The molecule has 0 saturated carbocycles. The predicted octanol–water partition coefficient (Wildman–Crippen LogP) is 4.83. The summed E-state index contributed by atoms with van der Waals surface area (Å²) in [7, 11) is 0. The van der Waals surface area contributed by atoms with Gasteiger partial charge in [0.2, 0.25) is 0 Å². The van der Waals surface area contributed by atoms with Crippen LogP contribution in [0.4, 0.5) is 5.69 Å². The first kappa shape index (κ1) is 15.9. The first-order chi connectivity index (χ1) is 11.7. The second kappa shape index (κ2) is 6.71. The van der Waals surface area contributed by atoms with E-state index in [4.69, 9.17) is 16.6 Å². The number of fused-ring (bicyclic) bond motifs is 1. The lowest BCUT2D eigenvalue weighted by Gasteiger charge is -2.38. The number of thiazole rings is 1. The lowest BCUT2D eigenvalue weighted by atomic mass is 10.2. The third-order valence-corrected chi connectivity index (χ3v) is 6.18. The molecule has 1 atom stereocenters. The van der Waals surface area contributed by atoms with Crippen LogP contribution in [0.5, 0.6) is 0 Å². The van der Waals surface area contributed by atoms with Gasteiger partial charge in [-0.1, -0.05) is 23.7 Å². The van der Waals surface area contributed by atoms with E-state index in [9.17, 15) is 0 Å². The van der Waals surface area contributed by atoms with Crippen molar-refractivity contribution in [2.24, 2.45) is 0 Å². The molecule has 3 aromatic rings. The Balaban J connectivity index is 1.44. The largest absolute Gasteiger partial charge is 0.369 e. The zero-order chi connectivity index (χ0) is 16.5. The topological polar surface area (TPSA) is 19.4 Å². The molecule has 1 aliphatic rings. The number of hydrogen-bond acceptors (Lipinski definition) is 4. The van der Waals surface area contributed by atoms with Gasteiger partial charge in [0, 0.05) is 36.9 Å². The summed E-state index contributed by atoms with van der Waals surface area (Å²) >= 11 is 7.80. The Hall–Kier alpha value is -1.62. The molecule has 3 nitrogen and oxygen atoms in total. The van der Waals surface area contributed by atoms with Gasteiger partial charge in [0.25, 0.3) is 0 Å². The lowest BCUT2D eigenvalue weighted by Crippen LogP contribution is -2.47.